The molecule has 5 fully saturated rings. The summed E-state index contributed by atoms with van der Waals surface area (Å²) in [4.78, 5) is 28.8. The van der Waals surface area contributed by atoms with Crippen molar-refractivity contribution in [3.05, 3.63) is 11.1 Å². The lowest BCUT2D eigenvalue weighted by atomic mass is 9.75. The predicted octanol–water partition coefficient (Wildman–Crippen LogP) is 4.39. The number of anilines is 2. The number of carbonyl (C=O) groups is 2. The number of hydrogen-bond acceptors (Lipinski definition) is 5. The highest BCUT2D eigenvalue weighted by atomic mass is 32.1. The number of thiophene rings is 1. The van der Waals surface area contributed by atoms with Crippen LogP contribution in [0.3, 0.4) is 0 Å². The Balaban J connectivity index is 1.37. The lowest BCUT2D eigenvalue weighted by Crippen LogP contribution is -2.38. The quantitative estimate of drug-likeness (QED) is 0.762. The SMILES string of the molecule is CCOC(=O)c1c(NC(=O)C23CC4CC(CC2C4)C3)sc2c1C1CCN2CC1. The van der Waals surface area contributed by atoms with Gasteiger partial charge in [-0.25, -0.2) is 4.79 Å². The lowest BCUT2D eigenvalue weighted by Gasteiger charge is -2.40. The highest BCUT2D eigenvalue weighted by Gasteiger charge is 2.61. The summed E-state index contributed by atoms with van der Waals surface area (Å²) in [7, 11) is 0. The first-order valence-electron chi connectivity index (χ1n) is 11.0. The van der Waals surface area contributed by atoms with Crippen LogP contribution in [0.25, 0.3) is 0 Å². The standard InChI is InChI=1S/C22H28N2O3S/c1-2-27-20(25)17-16-14-3-5-24(6-4-14)19(16)28-18(17)23-21(26)22-10-12-7-13(11-22)9-15(22)8-12/h12-15H,2-11H2,1H3,(H,23,26). The number of nitrogens with zero attached hydrogens (tertiary/aromatic N) is 1. The van der Waals surface area contributed by atoms with Gasteiger partial charge in [-0.3, -0.25) is 4.79 Å². The Morgan fingerprint density at radius 3 is 2.57 bits per heavy atom. The molecule has 0 spiro atoms. The van der Waals surface area contributed by atoms with Crippen LogP contribution in [0.15, 0.2) is 0 Å². The normalized spacial score (nSPS) is 34.8. The van der Waals surface area contributed by atoms with Crippen molar-refractivity contribution in [3.63, 3.8) is 0 Å². The van der Waals surface area contributed by atoms with Gasteiger partial charge in [0, 0.05) is 18.7 Å². The van der Waals surface area contributed by atoms with Gasteiger partial charge in [0.2, 0.25) is 5.91 Å². The number of hydrogen-bond donors (Lipinski definition) is 1. The number of esters is 1. The van der Waals surface area contributed by atoms with Crippen LogP contribution in [-0.4, -0.2) is 31.6 Å². The fourth-order valence-corrected chi connectivity index (χ4v) is 8.63. The molecule has 4 saturated carbocycles. The molecule has 6 heteroatoms. The van der Waals surface area contributed by atoms with Gasteiger partial charge in [0.25, 0.3) is 0 Å². The van der Waals surface area contributed by atoms with Crippen LogP contribution >= 0.6 is 11.3 Å². The van der Waals surface area contributed by atoms with E-state index in [0.717, 1.165) is 61.2 Å². The minimum absolute atomic E-state index is 0.175. The first-order valence-corrected chi connectivity index (χ1v) is 11.8. The summed E-state index contributed by atoms with van der Waals surface area (Å²) in [5.41, 5.74) is 1.62. The summed E-state index contributed by atoms with van der Waals surface area (Å²) >= 11 is 1.60. The van der Waals surface area contributed by atoms with Gasteiger partial charge in [-0.2, -0.15) is 0 Å². The maximum absolute atomic E-state index is 13.5. The van der Waals surface area contributed by atoms with E-state index in [9.17, 15) is 9.59 Å². The third-order valence-corrected chi connectivity index (χ3v) is 9.45. The van der Waals surface area contributed by atoms with Crippen molar-refractivity contribution in [2.45, 2.75) is 57.8 Å². The fraction of sp³-hybridized carbons (Fsp3) is 0.727. The van der Waals surface area contributed by atoms with E-state index in [2.05, 4.69) is 10.2 Å². The third kappa shape index (κ3) is 2.24. The summed E-state index contributed by atoms with van der Waals surface area (Å²) in [6, 6.07) is 0. The minimum Gasteiger partial charge on any atom is -0.462 e. The predicted molar refractivity (Wildman–Crippen MR) is 109 cm³/mol. The molecule has 1 aromatic rings. The fourth-order valence-electron chi connectivity index (χ4n) is 7.31. The van der Waals surface area contributed by atoms with Crippen molar-refractivity contribution in [3.8, 4) is 0 Å². The molecule has 7 aliphatic rings. The second kappa shape index (κ2) is 5.97. The van der Waals surface area contributed by atoms with E-state index in [0.29, 0.717) is 24.0 Å². The van der Waals surface area contributed by atoms with Gasteiger partial charge in [-0.15, -0.1) is 0 Å². The average molecular weight is 401 g/mol. The minimum atomic E-state index is -0.265. The van der Waals surface area contributed by atoms with Gasteiger partial charge < -0.3 is 15.0 Å². The van der Waals surface area contributed by atoms with Crippen LogP contribution in [0.4, 0.5) is 10.0 Å². The summed E-state index contributed by atoms with van der Waals surface area (Å²) in [6.45, 7) is 4.32. The Kier molecular flexibility index (Phi) is 3.69. The molecule has 6 bridgehead atoms. The number of rotatable bonds is 4. The van der Waals surface area contributed by atoms with E-state index < -0.39 is 0 Å². The van der Waals surface area contributed by atoms with E-state index in [1.165, 1.54) is 24.3 Å². The van der Waals surface area contributed by atoms with Crippen molar-refractivity contribution in [2.24, 2.45) is 23.2 Å². The second-order valence-electron chi connectivity index (χ2n) is 9.66. The number of fused-ring (bicyclic) bond motifs is 2. The number of carbonyl (C=O) groups excluding carboxylic acids is 2. The molecule has 0 aromatic carbocycles. The van der Waals surface area contributed by atoms with Crippen molar-refractivity contribution < 1.29 is 14.3 Å². The molecule has 4 aliphatic carbocycles. The molecule has 4 heterocycles. The van der Waals surface area contributed by atoms with Crippen LogP contribution in [0.1, 0.15) is 73.7 Å². The molecule has 5 nitrogen and oxygen atoms in total. The van der Waals surface area contributed by atoms with E-state index in [-0.39, 0.29) is 17.3 Å². The van der Waals surface area contributed by atoms with Gasteiger partial charge in [0.05, 0.1) is 22.6 Å². The lowest BCUT2D eigenvalue weighted by molar-refractivity contribution is -0.127. The largest absolute Gasteiger partial charge is 0.462 e. The first kappa shape index (κ1) is 17.3. The summed E-state index contributed by atoms with van der Waals surface area (Å²) in [5, 5.41) is 5.21. The molecule has 2 unspecified atom stereocenters. The van der Waals surface area contributed by atoms with Crippen molar-refractivity contribution in [2.75, 3.05) is 29.9 Å². The van der Waals surface area contributed by atoms with Crippen molar-refractivity contribution in [1.29, 1.82) is 0 Å². The van der Waals surface area contributed by atoms with Gasteiger partial charge >= 0.3 is 5.97 Å². The van der Waals surface area contributed by atoms with Gasteiger partial charge in [-0.05, 0) is 75.5 Å². The molecule has 1 amide bonds. The topological polar surface area (TPSA) is 58.6 Å². The Morgan fingerprint density at radius 2 is 1.89 bits per heavy atom. The Morgan fingerprint density at radius 1 is 1.18 bits per heavy atom. The maximum Gasteiger partial charge on any atom is 0.341 e. The van der Waals surface area contributed by atoms with Crippen LogP contribution < -0.4 is 10.2 Å². The van der Waals surface area contributed by atoms with Crippen LogP contribution in [0.5, 0.6) is 0 Å². The monoisotopic (exact) mass is 400 g/mol. The molecule has 1 saturated heterocycles. The smallest absolute Gasteiger partial charge is 0.341 e. The molecule has 1 aromatic heterocycles. The Labute approximate surface area is 169 Å². The van der Waals surface area contributed by atoms with Crippen molar-refractivity contribution in [1.82, 2.24) is 0 Å². The van der Waals surface area contributed by atoms with E-state index >= 15 is 0 Å². The zero-order chi connectivity index (χ0) is 19.0. The number of piperidine rings is 1. The molecule has 1 N–H and O–H groups in total. The molecule has 0 radical (unpaired) electrons. The zero-order valence-corrected chi connectivity index (χ0v) is 17.3. The van der Waals surface area contributed by atoms with Gasteiger partial charge in [-0.1, -0.05) is 11.3 Å². The van der Waals surface area contributed by atoms with E-state index in [1.54, 1.807) is 11.3 Å². The van der Waals surface area contributed by atoms with Gasteiger partial charge in [0.15, 0.2) is 0 Å². The van der Waals surface area contributed by atoms with E-state index in [4.69, 9.17) is 4.74 Å². The van der Waals surface area contributed by atoms with Gasteiger partial charge in [0.1, 0.15) is 5.00 Å². The van der Waals surface area contributed by atoms with Crippen molar-refractivity contribution >= 4 is 33.2 Å². The summed E-state index contributed by atoms with van der Waals surface area (Å²) < 4.78 is 5.41. The molecule has 150 valence electrons. The zero-order valence-electron chi connectivity index (χ0n) is 16.5. The summed E-state index contributed by atoms with van der Waals surface area (Å²) in [6.07, 6.45) is 8.07. The number of amides is 1. The molecular formula is C22H28N2O3S. The molecule has 8 rings (SSSR count). The van der Waals surface area contributed by atoms with Crippen LogP contribution in [-0.2, 0) is 9.53 Å². The average Bonchev–Trinajstić information content (AvgIpc) is 3.28. The highest BCUT2D eigenvalue weighted by molar-refractivity contribution is 7.21. The van der Waals surface area contributed by atoms with E-state index in [1.807, 2.05) is 6.92 Å². The summed E-state index contributed by atoms with van der Waals surface area (Å²) in [5.74, 6) is 2.37. The number of nitrogens with one attached hydrogen (secondary N) is 1. The highest BCUT2D eigenvalue weighted by Crippen LogP contribution is 2.66. The Hall–Kier alpha value is -1.56. The number of ether oxygens (including phenoxy) is 1. The molecule has 28 heavy (non-hydrogen) atoms. The molecular weight excluding hydrogens is 372 g/mol. The first-order chi connectivity index (χ1) is 13.6. The molecule has 2 atom stereocenters. The second-order valence-corrected chi connectivity index (χ2v) is 10.7. The molecule has 3 aliphatic heterocycles. The Bertz CT molecular complexity index is 840. The third-order valence-electron chi connectivity index (χ3n) is 8.26. The maximum atomic E-state index is 13.5. The van der Waals surface area contributed by atoms with Crippen LogP contribution in [0.2, 0.25) is 0 Å². The van der Waals surface area contributed by atoms with Crippen LogP contribution in [0, 0.1) is 23.2 Å².